The molecule has 0 aliphatic carbocycles. The van der Waals surface area contributed by atoms with Crippen molar-refractivity contribution in [3.8, 4) is 0 Å². The second-order valence-electron chi connectivity index (χ2n) is 9.37. The Bertz CT molecular complexity index is 1200. The minimum atomic E-state index is -1.19. The quantitative estimate of drug-likeness (QED) is 0.396. The van der Waals surface area contributed by atoms with Gasteiger partial charge in [-0.3, -0.25) is 14.8 Å². The normalized spacial score (nSPS) is 18.8. The van der Waals surface area contributed by atoms with Gasteiger partial charge in [-0.2, -0.15) is 0 Å². The molecule has 3 heterocycles. The molecule has 4 rings (SSSR count). The molecule has 1 N–H and O–H groups in total. The van der Waals surface area contributed by atoms with E-state index in [1.165, 1.54) is 20.1 Å². The third-order valence-corrected chi connectivity index (χ3v) is 7.04. The number of urea groups is 1. The van der Waals surface area contributed by atoms with Crippen LogP contribution < -0.4 is 5.32 Å². The van der Waals surface area contributed by atoms with Gasteiger partial charge < -0.3 is 15.0 Å². The molecule has 1 aromatic heterocycles. The number of hydrazine groups is 1. The van der Waals surface area contributed by atoms with Crippen molar-refractivity contribution in [1.82, 2.24) is 25.2 Å². The van der Waals surface area contributed by atoms with E-state index in [0.717, 1.165) is 53.8 Å². The van der Waals surface area contributed by atoms with Crippen LogP contribution in [0, 0.1) is 11.6 Å². The number of ether oxygens (including phenoxy) is 1. The lowest BCUT2D eigenvalue weighted by Gasteiger charge is -2.42. The lowest BCUT2D eigenvalue weighted by Crippen LogP contribution is -2.56. The average Bonchev–Trinajstić information content (AvgIpc) is 2.93. The minimum Gasteiger partial charge on any atom is -0.466 e. The lowest BCUT2D eigenvalue weighted by molar-refractivity contribution is -0.141. The highest BCUT2D eigenvalue weighted by atomic mass is 19.2. The number of amides is 3. The largest absolute Gasteiger partial charge is 0.466 e. The number of likely N-dealkylation sites (tertiary alicyclic amines) is 1. The number of allylic oxidation sites excluding steroid dienone is 1. The molecule has 1 unspecified atom stereocenters. The molecule has 3 amide bonds. The van der Waals surface area contributed by atoms with Crippen LogP contribution in [0.2, 0.25) is 0 Å². The van der Waals surface area contributed by atoms with Crippen molar-refractivity contribution in [1.29, 1.82) is 0 Å². The molecule has 0 bridgehead atoms. The topological polar surface area (TPSA) is 95.1 Å². The number of aromatic nitrogens is 1. The predicted molar refractivity (Wildman–Crippen MR) is 134 cm³/mol. The summed E-state index contributed by atoms with van der Waals surface area (Å²) in [5.41, 5.74) is 1.45. The molecule has 2 aliphatic heterocycles. The van der Waals surface area contributed by atoms with E-state index in [1.807, 2.05) is 24.4 Å². The number of benzene rings is 1. The molecule has 38 heavy (non-hydrogen) atoms. The van der Waals surface area contributed by atoms with E-state index in [2.05, 4.69) is 15.2 Å². The highest BCUT2D eigenvalue weighted by Crippen LogP contribution is 2.36. The summed E-state index contributed by atoms with van der Waals surface area (Å²) in [6.45, 7) is 4.15. The molecule has 1 fully saturated rings. The van der Waals surface area contributed by atoms with E-state index in [-0.39, 0.29) is 23.4 Å². The Morgan fingerprint density at radius 2 is 1.97 bits per heavy atom. The second kappa shape index (κ2) is 12.1. The first kappa shape index (κ1) is 27.2. The van der Waals surface area contributed by atoms with Gasteiger partial charge in [-0.15, -0.1) is 0 Å². The summed E-state index contributed by atoms with van der Waals surface area (Å²) in [6.07, 6.45) is 4.82. The Balaban J connectivity index is 1.47. The van der Waals surface area contributed by atoms with E-state index >= 15 is 0 Å². The summed E-state index contributed by atoms with van der Waals surface area (Å²) in [6, 6.07) is 7.19. The smallest absolute Gasteiger partial charge is 0.341 e. The van der Waals surface area contributed by atoms with Crippen LogP contribution in [0.5, 0.6) is 0 Å². The Hall–Kier alpha value is -3.86. The van der Waals surface area contributed by atoms with Crippen molar-refractivity contribution in [3.05, 3.63) is 76.8 Å². The molecule has 11 heteroatoms. The van der Waals surface area contributed by atoms with Crippen LogP contribution in [0.1, 0.15) is 49.4 Å². The molecule has 9 nitrogen and oxygen atoms in total. The number of carbonyl (C=O) groups is 3. The fourth-order valence-electron chi connectivity index (χ4n) is 5.10. The zero-order valence-corrected chi connectivity index (χ0v) is 21.4. The van der Waals surface area contributed by atoms with Crippen molar-refractivity contribution in [2.75, 3.05) is 33.3 Å². The molecular weight excluding hydrogens is 496 g/mol. The van der Waals surface area contributed by atoms with Gasteiger partial charge in [0.05, 0.1) is 12.7 Å². The third-order valence-electron chi connectivity index (χ3n) is 7.04. The first-order chi connectivity index (χ1) is 18.3. The van der Waals surface area contributed by atoms with Gasteiger partial charge in [-0.1, -0.05) is 12.1 Å². The SMILES string of the molecule is COC(=O)C1=C(C)NC(=O)N(N(C=O)CCCN2CCC(c3ccccn3)CC2)C1c1ccc(F)c(F)c1. The number of hydrogen-bond acceptors (Lipinski definition) is 6. The second-order valence-corrected chi connectivity index (χ2v) is 9.37. The number of pyridine rings is 1. The van der Waals surface area contributed by atoms with Crippen molar-refractivity contribution in [2.45, 2.75) is 38.1 Å². The molecule has 1 atom stereocenters. The van der Waals surface area contributed by atoms with Gasteiger partial charge in [0.25, 0.3) is 0 Å². The van der Waals surface area contributed by atoms with E-state index < -0.39 is 29.7 Å². The van der Waals surface area contributed by atoms with Crippen LogP contribution >= 0.6 is 0 Å². The molecular formula is C27H31F2N5O4. The average molecular weight is 528 g/mol. The number of rotatable bonds is 9. The summed E-state index contributed by atoms with van der Waals surface area (Å²) in [4.78, 5) is 44.7. The molecule has 202 valence electrons. The van der Waals surface area contributed by atoms with E-state index in [0.29, 0.717) is 25.3 Å². The van der Waals surface area contributed by atoms with Crippen LogP contribution in [0.25, 0.3) is 0 Å². The molecule has 2 aromatic rings. The van der Waals surface area contributed by atoms with Gasteiger partial charge in [0, 0.05) is 30.1 Å². The highest BCUT2D eigenvalue weighted by Gasteiger charge is 2.41. The van der Waals surface area contributed by atoms with Gasteiger partial charge in [0.15, 0.2) is 11.6 Å². The molecule has 2 aliphatic rings. The Kier molecular flexibility index (Phi) is 8.67. The number of piperidine rings is 1. The molecule has 0 spiro atoms. The molecule has 0 radical (unpaired) electrons. The van der Waals surface area contributed by atoms with Gasteiger partial charge in [-0.05, 0) is 75.6 Å². The molecule has 1 aromatic carbocycles. The predicted octanol–water partition coefficient (Wildman–Crippen LogP) is 3.52. The van der Waals surface area contributed by atoms with Gasteiger partial charge >= 0.3 is 12.0 Å². The summed E-state index contributed by atoms with van der Waals surface area (Å²) >= 11 is 0. The van der Waals surface area contributed by atoms with E-state index in [1.54, 1.807) is 0 Å². The minimum absolute atomic E-state index is 0.0153. The Morgan fingerprint density at radius 3 is 2.61 bits per heavy atom. The molecule has 0 saturated carbocycles. The van der Waals surface area contributed by atoms with Crippen molar-refractivity contribution in [2.24, 2.45) is 0 Å². The Labute approximate surface area is 220 Å². The summed E-state index contributed by atoms with van der Waals surface area (Å²) < 4.78 is 32.8. The van der Waals surface area contributed by atoms with E-state index in [4.69, 9.17) is 4.74 Å². The maximum absolute atomic E-state index is 14.2. The summed E-state index contributed by atoms with van der Waals surface area (Å²) in [5.74, 6) is -2.55. The van der Waals surface area contributed by atoms with Gasteiger partial charge in [-0.25, -0.2) is 23.4 Å². The van der Waals surface area contributed by atoms with Gasteiger partial charge in [0.1, 0.15) is 6.04 Å². The third kappa shape index (κ3) is 5.83. The zero-order chi connectivity index (χ0) is 27.2. The van der Waals surface area contributed by atoms with E-state index in [9.17, 15) is 23.2 Å². The number of esters is 1. The number of carbonyl (C=O) groups excluding carboxylic acids is 3. The van der Waals surface area contributed by atoms with Gasteiger partial charge in [0.2, 0.25) is 6.41 Å². The number of halogens is 2. The standard InChI is InChI=1S/C27H31F2N5O4/c1-18-24(26(36)38-2)25(20-7-8-21(28)22(29)16-20)34(27(37)31-18)33(17-35)13-5-12-32-14-9-19(10-15-32)23-6-3-4-11-30-23/h3-4,6-8,11,16-17,19,25H,5,9-10,12-15H2,1-2H3,(H,31,37). The number of methoxy groups -OCH3 is 1. The zero-order valence-electron chi connectivity index (χ0n) is 21.4. The molecule has 1 saturated heterocycles. The summed E-state index contributed by atoms with van der Waals surface area (Å²) in [5, 5.41) is 4.80. The van der Waals surface area contributed by atoms with Crippen LogP contribution in [-0.4, -0.2) is 71.6 Å². The van der Waals surface area contributed by atoms with Crippen molar-refractivity contribution in [3.63, 3.8) is 0 Å². The van der Waals surface area contributed by atoms with Crippen molar-refractivity contribution < 1.29 is 27.9 Å². The summed E-state index contributed by atoms with van der Waals surface area (Å²) in [7, 11) is 1.18. The first-order valence-corrected chi connectivity index (χ1v) is 12.5. The number of nitrogens with one attached hydrogen (secondary N) is 1. The maximum atomic E-state index is 14.2. The first-order valence-electron chi connectivity index (χ1n) is 12.5. The fraction of sp³-hybridized carbons (Fsp3) is 0.407. The number of nitrogens with zero attached hydrogens (tertiary/aromatic N) is 4. The highest BCUT2D eigenvalue weighted by molar-refractivity contribution is 5.95. The Morgan fingerprint density at radius 1 is 1.21 bits per heavy atom. The van der Waals surface area contributed by atoms with Crippen LogP contribution in [0.4, 0.5) is 13.6 Å². The van der Waals surface area contributed by atoms with Crippen LogP contribution in [0.3, 0.4) is 0 Å². The lowest BCUT2D eigenvalue weighted by atomic mass is 9.93. The van der Waals surface area contributed by atoms with Crippen molar-refractivity contribution >= 4 is 18.4 Å². The number of hydrogen-bond donors (Lipinski definition) is 1. The maximum Gasteiger partial charge on any atom is 0.341 e. The fourth-order valence-corrected chi connectivity index (χ4v) is 5.10. The van der Waals surface area contributed by atoms with Crippen LogP contribution in [-0.2, 0) is 14.3 Å². The monoisotopic (exact) mass is 527 g/mol. The van der Waals surface area contributed by atoms with Crippen LogP contribution in [0.15, 0.2) is 53.9 Å².